The average molecular weight is 222 g/mol. The minimum absolute atomic E-state index is 0.572. The minimum Gasteiger partial charge on any atom is -0.106 e. The van der Waals surface area contributed by atoms with Gasteiger partial charge in [-0.1, -0.05) is 41.9 Å². The molecule has 0 nitrogen and oxygen atoms in total. The van der Waals surface area contributed by atoms with E-state index in [0.29, 0.717) is 3.92 Å². The van der Waals surface area contributed by atoms with Crippen molar-refractivity contribution in [1.82, 2.24) is 0 Å². The standard InChI is InChI=1S/C7H11I/c1-3-5-7(8)6-4-2/h7H,3,5H2,1-2H3. The molecule has 0 saturated heterocycles. The van der Waals surface area contributed by atoms with Crippen LogP contribution in [-0.2, 0) is 0 Å². The van der Waals surface area contributed by atoms with Crippen LogP contribution in [0.2, 0.25) is 0 Å². The highest BCUT2D eigenvalue weighted by Gasteiger charge is 1.92. The van der Waals surface area contributed by atoms with Crippen molar-refractivity contribution in [3.05, 3.63) is 0 Å². The van der Waals surface area contributed by atoms with Crippen molar-refractivity contribution in [3.8, 4) is 11.8 Å². The number of alkyl halides is 1. The summed E-state index contributed by atoms with van der Waals surface area (Å²) < 4.78 is 0.572. The number of rotatable bonds is 2. The van der Waals surface area contributed by atoms with Crippen LogP contribution in [0.4, 0.5) is 0 Å². The molecular formula is C7H11I. The van der Waals surface area contributed by atoms with Crippen LogP contribution >= 0.6 is 22.6 Å². The van der Waals surface area contributed by atoms with E-state index in [4.69, 9.17) is 0 Å². The monoisotopic (exact) mass is 222 g/mol. The molecule has 0 saturated carbocycles. The van der Waals surface area contributed by atoms with Crippen LogP contribution in [0.5, 0.6) is 0 Å². The molecule has 0 aliphatic rings. The van der Waals surface area contributed by atoms with Crippen molar-refractivity contribution in [3.63, 3.8) is 0 Å². The van der Waals surface area contributed by atoms with Crippen LogP contribution < -0.4 is 0 Å². The van der Waals surface area contributed by atoms with Gasteiger partial charge in [0.25, 0.3) is 0 Å². The zero-order valence-electron chi connectivity index (χ0n) is 5.37. The Bertz CT molecular complexity index is 96.7. The Labute approximate surface area is 65.2 Å². The van der Waals surface area contributed by atoms with Gasteiger partial charge in [-0.25, -0.2) is 0 Å². The molecule has 0 aromatic rings. The Morgan fingerprint density at radius 2 is 2.25 bits per heavy atom. The summed E-state index contributed by atoms with van der Waals surface area (Å²) in [5.74, 6) is 5.98. The summed E-state index contributed by atoms with van der Waals surface area (Å²) in [4.78, 5) is 0. The van der Waals surface area contributed by atoms with Crippen LogP contribution in [-0.4, -0.2) is 3.92 Å². The summed E-state index contributed by atoms with van der Waals surface area (Å²) in [5, 5.41) is 0. The second-order valence-corrected chi connectivity index (χ2v) is 3.15. The summed E-state index contributed by atoms with van der Waals surface area (Å²) in [6, 6.07) is 0. The number of hydrogen-bond acceptors (Lipinski definition) is 0. The SMILES string of the molecule is CC#CC(I)CCC. The van der Waals surface area contributed by atoms with Crippen LogP contribution in [0, 0.1) is 11.8 Å². The van der Waals surface area contributed by atoms with Gasteiger partial charge < -0.3 is 0 Å². The first-order valence-corrected chi connectivity index (χ1v) is 4.12. The Balaban J connectivity index is 3.27. The Morgan fingerprint density at radius 3 is 2.62 bits per heavy atom. The summed E-state index contributed by atoms with van der Waals surface area (Å²) >= 11 is 2.37. The Kier molecular flexibility index (Phi) is 5.62. The maximum Gasteiger partial charge on any atom is 0.0718 e. The Morgan fingerprint density at radius 1 is 1.62 bits per heavy atom. The molecule has 1 atom stereocenters. The number of hydrogen-bond donors (Lipinski definition) is 0. The summed E-state index contributed by atoms with van der Waals surface area (Å²) in [7, 11) is 0. The van der Waals surface area contributed by atoms with E-state index >= 15 is 0 Å². The van der Waals surface area contributed by atoms with Gasteiger partial charge >= 0.3 is 0 Å². The fourth-order valence-electron chi connectivity index (χ4n) is 0.482. The van der Waals surface area contributed by atoms with Gasteiger partial charge in [0.2, 0.25) is 0 Å². The van der Waals surface area contributed by atoms with Crippen molar-refractivity contribution in [2.24, 2.45) is 0 Å². The van der Waals surface area contributed by atoms with Crippen molar-refractivity contribution in [2.75, 3.05) is 0 Å². The van der Waals surface area contributed by atoms with E-state index in [2.05, 4.69) is 41.4 Å². The minimum atomic E-state index is 0.572. The molecule has 0 aromatic carbocycles. The molecule has 0 fully saturated rings. The molecule has 0 bridgehead atoms. The van der Waals surface area contributed by atoms with E-state index in [1.807, 2.05) is 6.92 Å². The predicted octanol–water partition coefficient (Wildman–Crippen LogP) is 2.61. The lowest BCUT2D eigenvalue weighted by Gasteiger charge is -1.94. The summed E-state index contributed by atoms with van der Waals surface area (Å²) in [6.07, 6.45) is 2.46. The van der Waals surface area contributed by atoms with Gasteiger partial charge in [0.15, 0.2) is 0 Å². The van der Waals surface area contributed by atoms with E-state index in [0.717, 1.165) is 0 Å². The third-order valence-electron chi connectivity index (χ3n) is 0.843. The number of halogens is 1. The molecule has 0 aromatic heterocycles. The van der Waals surface area contributed by atoms with Crippen LogP contribution in [0.1, 0.15) is 26.7 Å². The van der Waals surface area contributed by atoms with Crippen molar-refractivity contribution < 1.29 is 0 Å². The lowest BCUT2D eigenvalue weighted by Crippen LogP contribution is -1.89. The highest BCUT2D eigenvalue weighted by molar-refractivity contribution is 14.1. The highest BCUT2D eigenvalue weighted by atomic mass is 127. The van der Waals surface area contributed by atoms with Crippen LogP contribution in [0.15, 0.2) is 0 Å². The second kappa shape index (κ2) is 5.43. The van der Waals surface area contributed by atoms with E-state index < -0.39 is 0 Å². The van der Waals surface area contributed by atoms with Gasteiger partial charge in [0.05, 0.1) is 3.92 Å². The van der Waals surface area contributed by atoms with E-state index in [9.17, 15) is 0 Å². The molecule has 0 spiro atoms. The molecule has 0 aliphatic carbocycles. The molecule has 1 unspecified atom stereocenters. The van der Waals surface area contributed by atoms with E-state index in [-0.39, 0.29) is 0 Å². The van der Waals surface area contributed by atoms with E-state index in [1.165, 1.54) is 12.8 Å². The van der Waals surface area contributed by atoms with Crippen molar-refractivity contribution in [2.45, 2.75) is 30.6 Å². The molecule has 0 heterocycles. The molecule has 1 heteroatoms. The fourth-order valence-corrected chi connectivity index (χ4v) is 1.42. The first kappa shape index (κ1) is 8.29. The molecule has 46 valence electrons. The molecule has 8 heavy (non-hydrogen) atoms. The van der Waals surface area contributed by atoms with Crippen LogP contribution in [0.25, 0.3) is 0 Å². The predicted molar refractivity (Wildman–Crippen MR) is 46.2 cm³/mol. The molecule has 0 amide bonds. The van der Waals surface area contributed by atoms with E-state index in [1.54, 1.807) is 0 Å². The highest BCUT2D eigenvalue weighted by Crippen LogP contribution is 2.05. The zero-order chi connectivity index (χ0) is 6.41. The first-order valence-electron chi connectivity index (χ1n) is 2.87. The molecule has 0 N–H and O–H groups in total. The van der Waals surface area contributed by atoms with Gasteiger partial charge in [-0.05, 0) is 13.3 Å². The van der Waals surface area contributed by atoms with Gasteiger partial charge in [-0.2, -0.15) is 0 Å². The molecule has 0 rings (SSSR count). The molecule has 0 aliphatic heterocycles. The first-order chi connectivity index (χ1) is 3.81. The molecular weight excluding hydrogens is 211 g/mol. The van der Waals surface area contributed by atoms with Gasteiger partial charge in [-0.15, -0.1) is 5.92 Å². The quantitative estimate of drug-likeness (QED) is 0.382. The second-order valence-electron chi connectivity index (χ2n) is 1.65. The van der Waals surface area contributed by atoms with Gasteiger partial charge in [0, 0.05) is 0 Å². The summed E-state index contributed by atoms with van der Waals surface area (Å²) in [6.45, 7) is 4.07. The van der Waals surface area contributed by atoms with Crippen molar-refractivity contribution in [1.29, 1.82) is 0 Å². The lowest BCUT2D eigenvalue weighted by molar-refractivity contribution is 0.856. The fraction of sp³-hybridized carbons (Fsp3) is 0.714. The van der Waals surface area contributed by atoms with Crippen LogP contribution in [0.3, 0.4) is 0 Å². The average Bonchev–Trinajstić information content (AvgIpc) is 1.68. The van der Waals surface area contributed by atoms with Crippen molar-refractivity contribution >= 4 is 22.6 Å². The van der Waals surface area contributed by atoms with Gasteiger partial charge in [-0.3, -0.25) is 0 Å². The maximum absolute atomic E-state index is 3.08. The molecule has 0 radical (unpaired) electrons. The smallest absolute Gasteiger partial charge is 0.0718 e. The maximum atomic E-state index is 3.08. The summed E-state index contributed by atoms with van der Waals surface area (Å²) in [5.41, 5.74) is 0. The third kappa shape index (κ3) is 4.45. The normalized spacial score (nSPS) is 11.9. The topological polar surface area (TPSA) is 0 Å². The Hall–Kier alpha value is 0.290. The zero-order valence-corrected chi connectivity index (χ0v) is 7.53. The largest absolute Gasteiger partial charge is 0.106 e. The van der Waals surface area contributed by atoms with Gasteiger partial charge in [0.1, 0.15) is 0 Å². The third-order valence-corrected chi connectivity index (χ3v) is 1.78. The lowest BCUT2D eigenvalue weighted by atomic mass is 10.2.